The highest BCUT2D eigenvalue weighted by molar-refractivity contribution is 5.07. The van der Waals surface area contributed by atoms with Gasteiger partial charge >= 0.3 is 0 Å². The van der Waals surface area contributed by atoms with Crippen LogP contribution in [0.1, 0.15) is 31.5 Å². The summed E-state index contributed by atoms with van der Waals surface area (Å²) in [5.41, 5.74) is 1.64. The summed E-state index contributed by atoms with van der Waals surface area (Å²) in [5.74, 6) is 1.10. The lowest BCUT2D eigenvalue weighted by Crippen LogP contribution is -2.21. The van der Waals surface area contributed by atoms with Crippen molar-refractivity contribution in [2.24, 2.45) is 0 Å². The molecule has 0 aliphatic heterocycles. The summed E-state index contributed by atoms with van der Waals surface area (Å²) < 4.78 is 2.18. The number of allylic oxidation sites excluding steroid dienone is 1. The third-order valence-corrected chi connectivity index (χ3v) is 3.21. The molecule has 1 aromatic heterocycles. The van der Waals surface area contributed by atoms with Crippen molar-refractivity contribution in [2.75, 3.05) is 13.1 Å². The van der Waals surface area contributed by atoms with Gasteiger partial charge in [-0.15, -0.1) is 0 Å². The standard InChI is InChI=1S/C13H21N3/c1-12-15-9-11-16(12)10-8-14-7-6-13-4-2-3-5-13/h4,9,11,14H,2-3,5-8,10H2,1H3. The molecular formula is C13H21N3. The van der Waals surface area contributed by atoms with Gasteiger partial charge in [0.2, 0.25) is 0 Å². The van der Waals surface area contributed by atoms with E-state index in [2.05, 4.69) is 20.9 Å². The number of hydrogen-bond acceptors (Lipinski definition) is 2. The molecule has 0 bridgehead atoms. The van der Waals surface area contributed by atoms with E-state index in [0.29, 0.717) is 0 Å². The molecule has 0 radical (unpaired) electrons. The Labute approximate surface area is 97.6 Å². The molecule has 1 aliphatic rings. The maximum atomic E-state index is 4.20. The van der Waals surface area contributed by atoms with Crippen LogP contribution in [0.25, 0.3) is 0 Å². The molecule has 3 heteroatoms. The van der Waals surface area contributed by atoms with Gasteiger partial charge in [0.15, 0.2) is 0 Å². The molecule has 3 nitrogen and oxygen atoms in total. The number of aryl methyl sites for hydroxylation is 1. The third kappa shape index (κ3) is 3.20. The normalized spacial score (nSPS) is 15.4. The fraction of sp³-hybridized carbons (Fsp3) is 0.615. The lowest BCUT2D eigenvalue weighted by molar-refractivity contribution is 0.586. The van der Waals surface area contributed by atoms with Crippen LogP contribution in [0.2, 0.25) is 0 Å². The van der Waals surface area contributed by atoms with Crippen molar-refractivity contribution < 1.29 is 0 Å². The zero-order valence-electron chi connectivity index (χ0n) is 10.1. The van der Waals surface area contributed by atoms with Crippen molar-refractivity contribution in [3.63, 3.8) is 0 Å². The van der Waals surface area contributed by atoms with Gasteiger partial charge in [0.05, 0.1) is 0 Å². The summed E-state index contributed by atoms with van der Waals surface area (Å²) in [6.07, 6.45) is 11.5. The predicted molar refractivity (Wildman–Crippen MR) is 66.4 cm³/mol. The van der Waals surface area contributed by atoms with E-state index in [1.54, 1.807) is 5.57 Å². The van der Waals surface area contributed by atoms with Gasteiger partial charge in [-0.05, 0) is 39.2 Å². The summed E-state index contributed by atoms with van der Waals surface area (Å²) in [6, 6.07) is 0. The maximum Gasteiger partial charge on any atom is 0.105 e. The smallest absolute Gasteiger partial charge is 0.105 e. The van der Waals surface area contributed by atoms with Crippen LogP contribution in [0.4, 0.5) is 0 Å². The van der Waals surface area contributed by atoms with E-state index in [1.807, 2.05) is 19.3 Å². The molecule has 0 saturated carbocycles. The van der Waals surface area contributed by atoms with Gasteiger partial charge in [-0.1, -0.05) is 11.6 Å². The van der Waals surface area contributed by atoms with Gasteiger partial charge in [0, 0.05) is 25.5 Å². The largest absolute Gasteiger partial charge is 0.334 e. The molecule has 1 heterocycles. The summed E-state index contributed by atoms with van der Waals surface area (Å²) in [7, 11) is 0. The fourth-order valence-electron chi connectivity index (χ4n) is 2.18. The highest BCUT2D eigenvalue weighted by Crippen LogP contribution is 2.19. The molecular weight excluding hydrogens is 198 g/mol. The third-order valence-electron chi connectivity index (χ3n) is 3.21. The van der Waals surface area contributed by atoms with Crippen LogP contribution in [0.3, 0.4) is 0 Å². The molecule has 0 aromatic carbocycles. The molecule has 1 aliphatic carbocycles. The van der Waals surface area contributed by atoms with E-state index in [9.17, 15) is 0 Å². The van der Waals surface area contributed by atoms with E-state index in [1.165, 1.54) is 25.7 Å². The highest BCUT2D eigenvalue weighted by Gasteiger charge is 2.03. The number of hydrogen-bond donors (Lipinski definition) is 1. The minimum atomic E-state index is 1.02. The molecule has 16 heavy (non-hydrogen) atoms. The average molecular weight is 219 g/mol. The molecule has 2 rings (SSSR count). The molecule has 1 aromatic rings. The Bertz CT molecular complexity index is 352. The average Bonchev–Trinajstić information content (AvgIpc) is 2.90. The van der Waals surface area contributed by atoms with Gasteiger partial charge in [-0.3, -0.25) is 0 Å². The number of nitrogens with zero attached hydrogens (tertiary/aromatic N) is 2. The summed E-state index contributed by atoms with van der Waals surface area (Å²) in [4.78, 5) is 4.20. The Balaban J connectivity index is 1.57. The summed E-state index contributed by atoms with van der Waals surface area (Å²) in [5, 5.41) is 3.49. The molecule has 0 unspecified atom stereocenters. The zero-order chi connectivity index (χ0) is 11.2. The second-order valence-corrected chi connectivity index (χ2v) is 4.42. The quantitative estimate of drug-likeness (QED) is 0.587. The monoisotopic (exact) mass is 219 g/mol. The Hall–Kier alpha value is -1.09. The summed E-state index contributed by atoms with van der Waals surface area (Å²) in [6.45, 7) is 5.21. The van der Waals surface area contributed by atoms with Gasteiger partial charge in [0.1, 0.15) is 5.82 Å². The molecule has 0 fully saturated rings. The topological polar surface area (TPSA) is 29.9 Å². The number of rotatable bonds is 6. The van der Waals surface area contributed by atoms with Gasteiger partial charge < -0.3 is 9.88 Å². The van der Waals surface area contributed by atoms with Crippen molar-refractivity contribution in [3.05, 3.63) is 29.9 Å². The molecule has 1 N–H and O–H groups in total. The number of aromatic nitrogens is 2. The van der Waals surface area contributed by atoms with Crippen molar-refractivity contribution in [1.29, 1.82) is 0 Å². The van der Waals surface area contributed by atoms with Crippen LogP contribution in [-0.2, 0) is 6.54 Å². The predicted octanol–water partition coefficient (Wildman–Crippen LogP) is 2.28. The first-order chi connectivity index (χ1) is 7.86. The first kappa shape index (κ1) is 11.4. The Kier molecular flexibility index (Phi) is 4.17. The lowest BCUT2D eigenvalue weighted by atomic mass is 10.2. The Morgan fingerprint density at radius 3 is 3.06 bits per heavy atom. The van der Waals surface area contributed by atoms with E-state index >= 15 is 0 Å². The molecule has 0 spiro atoms. The van der Waals surface area contributed by atoms with Gasteiger partial charge in [-0.2, -0.15) is 0 Å². The lowest BCUT2D eigenvalue weighted by Gasteiger charge is -2.07. The van der Waals surface area contributed by atoms with Crippen LogP contribution in [0, 0.1) is 6.92 Å². The van der Waals surface area contributed by atoms with Gasteiger partial charge in [-0.25, -0.2) is 4.98 Å². The second-order valence-electron chi connectivity index (χ2n) is 4.42. The van der Waals surface area contributed by atoms with Crippen LogP contribution in [-0.4, -0.2) is 22.6 Å². The van der Waals surface area contributed by atoms with Crippen molar-refractivity contribution in [3.8, 4) is 0 Å². The molecule has 0 atom stereocenters. The van der Waals surface area contributed by atoms with Crippen molar-refractivity contribution in [1.82, 2.24) is 14.9 Å². The van der Waals surface area contributed by atoms with Gasteiger partial charge in [0.25, 0.3) is 0 Å². The number of nitrogens with one attached hydrogen (secondary N) is 1. The second kappa shape index (κ2) is 5.85. The first-order valence-electron chi connectivity index (χ1n) is 6.22. The number of imidazole rings is 1. The molecule has 0 amide bonds. The fourth-order valence-corrected chi connectivity index (χ4v) is 2.18. The van der Waals surface area contributed by atoms with Crippen LogP contribution < -0.4 is 5.32 Å². The van der Waals surface area contributed by atoms with Crippen LogP contribution in [0.5, 0.6) is 0 Å². The van der Waals surface area contributed by atoms with Crippen molar-refractivity contribution in [2.45, 2.75) is 39.2 Å². The molecule has 0 saturated heterocycles. The van der Waals surface area contributed by atoms with E-state index in [0.717, 1.165) is 25.5 Å². The van der Waals surface area contributed by atoms with Crippen molar-refractivity contribution >= 4 is 0 Å². The molecule has 88 valence electrons. The van der Waals surface area contributed by atoms with Crippen LogP contribution >= 0.6 is 0 Å². The van der Waals surface area contributed by atoms with E-state index in [4.69, 9.17) is 0 Å². The zero-order valence-corrected chi connectivity index (χ0v) is 10.1. The van der Waals surface area contributed by atoms with E-state index in [-0.39, 0.29) is 0 Å². The first-order valence-corrected chi connectivity index (χ1v) is 6.22. The Morgan fingerprint density at radius 1 is 1.44 bits per heavy atom. The highest BCUT2D eigenvalue weighted by atomic mass is 15.1. The van der Waals surface area contributed by atoms with E-state index < -0.39 is 0 Å². The van der Waals surface area contributed by atoms with Crippen LogP contribution in [0.15, 0.2) is 24.0 Å². The Morgan fingerprint density at radius 2 is 2.38 bits per heavy atom. The maximum absolute atomic E-state index is 4.20. The SMILES string of the molecule is Cc1nccn1CCNCCC1=CCCC1. The minimum Gasteiger partial charge on any atom is -0.334 e. The summed E-state index contributed by atoms with van der Waals surface area (Å²) >= 11 is 0. The minimum absolute atomic E-state index is 1.02.